The molecule has 0 aromatic carbocycles. The van der Waals surface area contributed by atoms with Gasteiger partial charge in [-0.1, -0.05) is 0 Å². The van der Waals surface area contributed by atoms with Gasteiger partial charge in [0.25, 0.3) is 0 Å². The molecule has 0 aromatic heterocycles. The van der Waals surface area contributed by atoms with Gasteiger partial charge in [-0.25, -0.2) is 12.7 Å². The second-order valence-electron chi connectivity index (χ2n) is 2.11. The van der Waals surface area contributed by atoms with E-state index >= 15 is 0 Å². The third-order valence-electron chi connectivity index (χ3n) is 1.39. The van der Waals surface area contributed by atoms with E-state index in [4.69, 9.17) is 0 Å². The number of hydrogen-bond donors (Lipinski definition) is 1. The van der Waals surface area contributed by atoms with Crippen molar-refractivity contribution in [2.45, 2.75) is 0 Å². The van der Waals surface area contributed by atoms with Crippen LogP contribution < -0.4 is 34.9 Å². The molecule has 11 heavy (non-hydrogen) atoms. The molecule has 1 heterocycles. The molecule has 1 aliphatic rings. The van der Waals surface area contributed by atoms with Crippen LogP contribution in [0.2, 0.25) is 0 Å². The Morgan fingerprint density at radius 3 is 2.00 bits per heavy atom. The van der Waals surface area contributed by atoms with Crippen molar-refractivity contribution in [1.29, 1.82) is 0 Å². The first-order valence-electron chi connectivity index (χ1n) is 3.02. The summed E-state index contributed by atoms with van der Waals surface area (Å²) in [5.74, 6) is 0. The van der Waals surface area contributed by atoms with Crippen molar-refractivity contribution in [2.75, 3.05) is 26.2 Å². The van der Waals surface area contributed by atoms with Gasteiger partial charge >= 0.3 is 29.6 Å². The predicted molar refractivity (Wildman–Crippen MR) is 34.1 cm³/mol. The summed E-state index contributed by atoms with van der Waals surface area (Å²) >= 11 is 0. The molecule has 0 atom stereocenters. The zero-order valence-corrected chi connectivity index (χ0v) is 9.23. The summed E-state index contributed by atoms with van der Waals surface area (Å²) in [6.07, 6.45) is 0. The molecule has 60 valence electrons. The summed E-state index contributed by atoms with van der Waals surface area (Å²) in [5.41, 5.74) is 0. The van der Waals surface area contributed by atoms with E-state index in [0.29, 0.717) is 26.2 Å². The van der Waals surface area contributed by atoms with E-state index in [1.54, 1.807) is 0 Å². The summed E-state index contributed by atoms with van der Waals surface area (Å²) in [5, 5.41) is 2.94. The molecule has 0 aromatic rings. The third-order valence-corrected chi connectivity index (χ3v) is 2.39. The third kappa shape index (κ3) is 3.84. The van der Waals surface area contributed by atoms with E-state index in [1.807, 2.05) is 0 Å². The van der Waals surface area contributed by atoms with E-state index in [-0.39, 0.29) is 29.6 Å². The van der Waals surface area contributed by atoms with Crippen LogP contribution in [-0.2, 0) is 10.3 Å². The van der Waals surface area contributed by atoms with E-state index < -0.39 is 10.3 Å². The van der Waals surface area contributed by atoms with Gasteiger partial charge < -0.3 is 9.87 Å². The van der Waals surface area contributed by atoms with Gasteiger partial charge in [0.1, 0.15) is 0 Å². The van der Waals surface area contributed by atoms with Gasteiger partial charge in [0, 0.05) is 26.2 Å². The van der Waals surface area contributed by atoms with Crippen molar-refractivity contribution in [1.82, 2.24) is 9.62 Å². The molecule has 0 saturated carbocycles. The van der Waals surface area contributed by atoms with Crippen molar-refractivity contribution in [3.05, 3.63) is 0 Å². The molecule has 1 aliphatic heterocycles. The molecule has 0 bridgehead atoms. The van der Waals surface area contributed by atoms with Crippen LogP contribution in [0.1, 0.15) is 0 Å². The zero-order chi connectivity index (χ0) is 7.61. The Morgan fingerprint density at radius 1 is 1.27 bits per heavy atom. The first kappa shape index (κ1) is 11.8. The molecular weight excluding hydrogens is 179 g/mol. The van der Waals surface area contributed by atoms with Crippen LogP contribution in [0.4, 0.5) is 0 Å². The first-order valence-corrected chi connectivity index (χ1v) is 4.39. The van der Waals surface area contributed by atoms with Crippen LogP contribution in [0.25, 0.3) is 0 Å². The van der Waals surface area contributed by atoms with Crippen LogP contribution >= 0.6 is 0 Å². The number of piperazine rings is 1. The van der Waals surface area contributed by atoms with Crippen LogP contribution in [0.15, 0.2) is 0 Å². The van der Waals surface area contributed by atoms with Crippen molar-refractivity contribution < 1.29 is 42.5 Å². The minimum Gasteiger partial charge on any atom is -0.735 e. The van der Waals surface area contributed by atoms with Crippen molar-refractivity contribution >= 4 is 10.3 Å². The standard InChI is InChI=1S/C4H10N2O3S.Na/c7-10(8,9)6-3-1-5-2-4-6;/h5H,1-4H2,(H,7,8,9);/q;+1/p-1. The van der Waals surface area contributed by atoms with Gasteiger partial charge in [0.05, 0.1) is 0 Å². The van der Waals surface area contributed by atoms with E-state index in [2.05, 4.69) is 5.32 Å². The fourth-order valence-corrected chi connectivity index (χ4v) is 1.50. The normalized spacial score (nSPS) is 20.8. The van der Waals surface area contributed by atoms with Gasteiger partial charge in [0.2, 0.25) is 0 Å². The fourth-order valence-electron chi connectivity index (χ4n) is 0.868. The molecule has 0 aliphatic carbocycles. The van der Waals surface area contributed by atoms with Gasteiger partial charge in [-0.05, 0) is 0 Å². The Labute approximate surface area is 88.3 Å². The van der Waals surface area contributed by atoms with Gasteiger partial charge in [-0.2, -0.15) is 0 Å². The molecule has 1 rings (SSSR count). The van der Waals surface area contributed by atoms with E-state index in [0.717, 1.165) is 4.31 Å². The monoisotopic (exact) mass is 188 g/mol. The molecular formula is C4H9N2NaO3S. The van der Waals surface area contributed by atoms with Crippen molar-refractivity contribution in [3.8, 4) is 0 Å². The van der Waals surface area contributed by atoms with E-state index in [1.165, 1.54) is 0 Å². The Morgan fingerprint density at radius 2 is 1.73 bits per heavy atom. The maximum Gasteiger partial charge on any atom is 1.00 e. The molecule has 1 saturated heterocycles. The smallest absolute Gasteiger partial charge is 0.735 e. The molecule has 0 amide bonds. The SMILES string of the molecule is O=S(=O)([O-])N1CCNCC1.[Na+]. The maximum absolute atomic E-state index is 10.3. The average molecular weight is 188 g/mol. The molecule has 1 N–H and O–H groups in total. The summed E-state index contributed by atoms with van der Waals surface area (Å²) in [4.78, 5) is 0. The zero-order valence-electron chi connectivity index (χ0n) is 6.41. The van der Waals surface area contributed by atoms with Crippen LogP contribution in [-0.4, -0.2) is 43.5 Å². The second kappa shape index (κ2) is 4.76. The molecule has 0 radical (unpaired) electrons. The quantitative estimate of drug-likeness (QED) is 0.332. The minimum atomic E-state index is -4.18. The summed E-state index contributed by atoms with van der Waals surface area (Å²) in [6, 6.07) is 0. The van der Waals surface area contributed by atoms with Gasteiger partial charge in [-0.3, -0.25) is 0 Å². The van der Waals surface area contributed by atoms with Gasteiger partial charge in [-0.15, -0.1) is 0 Å². The van der Waals surface area contributed by atoms with Crippen LogP contribution in [0.5, 0.6) is 0 Å². The topological polar surface area (TPSA) is 72.5 Å². The molecule has 0 spiro atoms. The number of nitrogens with one attached hydrogen (secondary N) is 1. The maximum atomic E-state index is 10.3. The number of hydrogen-bond acceptors (Lipinski definition) is 4. The average Bonchev–Trinajstić information content (AvgIpc) is 1.88. The molecule has 5 nitrogen and oxygen atoms in total. The minimum absolute atomic E-state index is 0. The largest absolute Gasteiger partial charge is 1.00 e. The van der Waals surface area contributed by atoms with Crippen LogP contribution in [0, 0.1) is 0 Å². The first-order chi connectivity index (χ1) is 4.61. The Bertz CT molecular complexity index is 199. The second-order valence-corrected chi connectivity index (χ2v) is 3.48. The van der Waals surface area contributed by atoms with Crippen molar-refractivity contribution in [2.24, 2.45) is 0 Å². The summed E-state index contributed by atoms with van der Waals surface area (Å²) in [6.45, 7) is 1.74. The molecule has 0 unspecified atom stereocenters. The summed E-state index contributed by atoms with van der Waals surface area (Å²) < 4.78 is 31.9. The number of nitrogens with zero attached hydrogens (tertiary/aromatic N) is 1. The van der Waals surface area contributed by atoms with Gasteiger partial charge in [0.15, 0.2) is 10.3 Å². The van der Waals surface area contributed by atoms with Crippen molar-refractivity contribution in [3.63, 3.8) is 0 Å². The summed E-state index contributed by atoms with van der Waals surface area (Å²) in [7, 11) is -4.18. The Kier molecular flexibility index (Phi) is 5.12. The van der Waals surface area contributed by atoms with E-state index in [9.17, 15) is 13.0 Å². The fraction of sp³-hybridized carbons (Fsp3) is 1.00. The number of rotatable bonds is 1. The Balaban J connectivity index is 0.000001000. The Hall–Kier alpha value is 0.830. The molecule has 7 heteroatoms. The predicted octanol–water partition coefficient (Wildman–Crippen LogP) is -4.64. The van der Waals surface area contributed by atoms with Crippen LogP contribution in [0.3, 0.4) is 0 Å². The molecule has 1 fully saturated rings.